The molecule has 0 unspecified atom stereocenters. The Morgan fingerprint density at radius 1 is 1.20 bits per heavy atom. The molecule has 1 amide bonds. The highest BCUT2D eigenvalue weighted by atomic mass is 19.1. The van der Waals surface area contributed by atoms with Crippen molar-refractivity contribution >= 4 is 17.7 Å². The van der Waals surface area contributed by atoms with E-state index in [1.807, 2.05) is 19.1 Å². The van der Waals surface area contributed by atoms with Crippen LogP contribution in [0.2, 0.25) is 0 Å². The molecule has 0 saturated carbocycles. The Kier molecular flexibility index (Phi) is 8.37. The number of phenols is 1. The number of carbonyl (C=O) groups excluding carboxylic acids is 1. The molecule has 0 spiro atoms. The number of carboxylic acid groups (broad SMARTS) is 1. The second-order valence-electron chi connectivity index (χ2n) is 6.62. The van der Waals surface area contributed by atoms with Crippen molar-refractivity contribution < 1.29 is 33.7 Å². The summed E-state index contributed by atoms with van der Waals surface area (Å²) in [7, 11) is 1.41. The number of amides is 1. The fourth-order valence-corrected chi connectivity index (χ4v) is 2.80. The summed E-state index contributed by atoms with van der Waals surface area (Å²) in [6.45, 7) is 1.92. The van der Waals surface area contributed by atoms with Gasteiger partial charge >= 0.3 is 12.1 Å². The summed E-state index contributed by atoms with van der Waals surface area (Å²) in [6, 6.07) is 10.8. The number of hydrogen-bond acceptors (Lipinski definition) is 5. The predicted octanol–water partition coefficient (Wildman–Crippen LogP) is 4.57. The van der Waals surface area contributed by atoms with E-state index in [-0.39, 0.29) is 0 Å². The van der Waals surface area contributed by atoms with Crippen LogP contribution in [0.1, 0.15) is 30.1 Å². The number of methoxy groups -OCH3 is 1. The van der Waals surface area contributed by atoms with Crippen LogP contribution in [0.4, 0.5) is 14.9 Å². The monoisotopic (exact) mass is 417 g/mol. The summed E-state index contributed by atoms with van der Waals surface area (Å²) in [6.07, 6.45) is 0.670. The van der Waals surface area contributed by atoms with Gasteiger partial charge in [-0.2, -0.15) is 0 Å². The van der Waals surface area contributed by atoms with Gasteiger partial charge in [0.05, 0.1) is 6.10 Å². The van der Waals surface area contributed by atoms with Gasteiger partial charge in [-0.15, -0.1) is 0 Å². The van der Waals surface area contributed by atoms with Crippen molar-refractivity contribution in [3.05, 3.63) is 71.6 Å². The third kappa shape index (κ3) is 6.89. The van der Waals surface area contributed by atoms with Crippen molar-refractivity contribution in [1.82, 2.24) is 0 Å². The third-order valence-electron chi connectivity index (χ3n) is 4.35. The van der Waals surface area contributed by atoms with E-state index in [1.165, 1.54) is 19.3 Å². The molecule has 0 saturated heterocycles. The molecule has 2 aromatic carbocycles. The Morgan fingerprint density at radius 2 is 1.90 bits per heavy atom. The first-order valence-electron chi connectivity index (χ1n) is 9.25. The van der Waals surface area contributed by atoms with E-state index in [1.54, 1.807) is 12.1 Å². The van der Waals surface area contributed by atoms with Crippen molar-refractivity contribution in [1.29, 1.82) is 0 Å². The van der Waals surface area contributed by atoms with E-state index in [2.05, 4.69) is 5.32 Å². The smallest absolute Gasteiger partial charge is 0.412 e. The molecule has 3 N–H and O–H groups in total. The largest absolute Gasteiger partial charge is 0.505 e. The minimum absolute atomic E-state index is 0.290. The SMILES string of the molecule is CO[C@@H](CC/C=C/C(=O)O)[C@@H](OC(=O)Nc1ccc(C)cc1)c1ccc(O)c(F)c1. The first kappa shape index (κ1) is 22.9. The van der Waals surface area contributed by atoms with Crippen molar-refractivity contribution in [2.75, 3.05) is 12.4 Å². The zero-order valence-electron chi connectivity index (χ0n) is 16.7. The Balaban J connectivity index is 2.20. The normalized spacial score (nSPS) is 13.0. The summed E-state index contributed by atoms with van der Waals surface area (Å²) in [4.78, 5) is 23.1. The molecular formula is C22H24FNO6. The van der Waals surface area contributed by atoms with Crippen molar-refractivity contribution in [2.45, 2.75) is 32.0 Å². The fraction of sp³-hybridized carbons (Fsp3) is 0.273. The minimum atomic E-state index is -1.07. The van der Waals surface area contributed by atoms with Gasteiger partial charge in [-0.1, -0.05) is 29.8 Å². The number of hydrogen-bond donors (Lipinski definition) is 3. The molecule has 0 fully saturated rings. The average Bonchev–Trinajstić information content (AvgIpc) is 2.70. The van der Waals surface area contributed by atoms with Crippen LogP contribution in [-0.4, -0.2) is 35.5 Å². The lowest BCUT2D eigenvalue weighted by Gasteiger charge is -2.26. The van der Waals surface area contributed by atoms with Gasteiger partial charge in [0.1, 0.15) is 0 Å². The standard InChI is InChI=1S/C22H24FNO6/c1-14-7-10-16(11-8-14)24-22(28)30-21(15-9-12-18(25)17(23)13-15)19(29-2)5-3-4-6-20(26)27/h4,6-13,19,21,25H,3,5H2,1-2H3,(H,24,28)(H,26,27)/b6-4+/t19-,21-/m0/s1. The van der Waals surface area contributed by atoms with Gasteiger partial charge in [0.2, 0.25) is 0 Å². The van der Waals surface area contributed by atoms with Gasteiger partial charge < -0.3 is 19.7 Å². The molecule has 0 aliphatic heterocycles. The molecule has 2 rings (SSSR count). The Labute approximate surface area is 173 Å². The summed E-state index contributed by atoms with van der Waals surface area (Å²) in [5.41, 5.74) is 1.85. The first-order chi connectivity index (χ1) is 14.3. The van der Waals surface area contributed by atoms with Gasteiger partial charge in [0, 0.05) is 18.9 Å². The van der Waals surface area contributed by atoms with Gasteiger partial charge in [-0.3, -0.25) is 5.32 Å². The van der Waals surface area contributed by atoms with Crippen molar-refractivity contribution in [3.63, 3.8) is 0 Å². The maximum absolute atomic E-state index is 13.9. The molecule has 0 aliphatic rings. The van der Waals surface area contributed by atoms with Crippen LogP contribution in [-0.2, 0) is 14.3 Å². The van der Waals surface area contributed by atoms with Crippen LogP contribution in [0.5, 0.6) is 5.75 Å². The number of ether oxygens (including phenoxy) is 2. The van der Waals surface area contributed by atoms with E-state index in [0.717, 1.165) is 23.8 Å². The zero-order valence-corrected chi connectivity index (χ0v) is 16.7. The number of aryl methyl sites for hydroxylation is 1. The summed E-state index contributed by atoms with van der Waals surface area (Å²) < 4.78 is 24.9. The van der Waals surface area contributed by atoms with Crippen LogP contribution in [0, 0.1) is 12.7 Å². The van der Waals surface area contributed by atoms with Gasteiger partial charge in [0.25, 0.3) is 0 Å². The average molecular weight is 417 g/mol. The second kappa shape index (κ2) is 11.0. The first-order valence-corrected chi connectivity index (χ1v) is 9.25. The number of aliphatic carboxylic acids is 1. The van der Waals surface area contributed by atoms with E-state index >= 15 is 0 Å². The molecule has 2 aromatic rings. The highest BCUT2D eigenvalue weighted by molar-refractivity contribution is 5.84. The number of nitrogens with one attached hydrogen (secondary N) is 1. The van der Waals surface area contributed by atoms with Crippen molar-refractivity contribution in [3.8, 4) is 5.75 Å². The molecule has 2 atom stereocenters. The number of rotatable bonds is 9. The van der Waals surface area contributed by atoms with Gasteiger partial charge in [0.15, 0.2) is 17.7 Å². The molecule has 160 valence electrons. The molecule has 0 heterocycles. The summed E-state index contributed by atoms with van der Waals surface area (Å²) in [5, 5.41) is 20.8. The zero-order chi connectivity index (χ0) is 22.1. The number of carboxylic acids is 1. The maximum Gasteiger partial charge on any atom is 0.412 e. The predicted molar refractivity (Wildman–Crippen MR) is 109 cm³/mol. The maximum atomic E-state index is 13.9. The van der Waals surface area contributed by atoms with E-state index < -0.39 is 35.8 Å². The van der Waals surface area contributed by atoms with Crippen LogP contribution in [0.3, 0.4) is 0 Å². The van der Waals surface area contributed by atoms with Crippen molar-refractivity contribution in [2.24, 2.45) is 0 Å². The minimum Gasteiger partial charge on any atom is -0.505 e. The number of carbonyl (C=O) groups is 2. The number of benzene rings is 2. The van der Waals surface area contributed by atoms with Crippen LogP contribution >= 0.6 is 0 Å². The van der Waals surface area contributed by atoms with Gasteiger partial charge in [-0.25, -0.2) is 14.0 Å². The number of allylic oxidation sites excluding steroid dienone is 1. The Bertz CT molecular complexity index is 897. The molecular weight excluding hydrogens is 393 g/mol. The Morgan fingerprint density at radius 3 is 2.50 bits per heavy atom. The van der Waals surface area contributed by atoms with E-state index in [4.69, 9.17) is 14.6 Å². The lowest BCUT2D eigenvalue weighted by molar-refractivity contribution is -0.131. The molecule has 7 nitrogen and oxygen atoms in total. The molecule has 8 heteroatoms. The fourth-order valence-electron chi connectivity index (χ4n) is 2.80. The lowest BCUT2D eigenvalue weighted by atomic mass is 10.00. The van der Waals surface area contributed by atoms with Crippen LogP contribution < -0.4 is 5.32 Å². The highest BCUT2D eigenvalue weighted by Gasteiger charge is 2.28. The third-order valence-corrected chi connectivity index (χ3v) is 4.35. The topological polar surface area (TPSA) is 105 Å². The molecule has 0 aromatic heterocycles. The van der Waals surface area contributed by atoms with E-state index in [9.17, 15) is 19.1 Å². The molecule has 30 heavy (non-hydrogen) atoms. The summed E-state index contributed by atoms with van der Waals surface area (Å²) in [5.74, 6) is -2.46. The number of aromatic hydroxyl groups is 1. The molecule has 0 radical (unpaired) electrons. The van der Waals surface area contributed by atoms with Crippen LogP contribution in [0.25, 0.3) is 0 Å². The quantitative estimate of drug-likeness (QED) is 0.517. The number of anilines is 1. The highest BCUT2D eigenvalue weighted by Crippen LogP contribution is 2.30. The molecule has 0 aliphatic carbocycles. The number of halogens is 1. The second-order valence-corrected chi connectivity index (χ2v) is 6.62. The van der Waals surface area contributed by atoms with Gasteiger partial charge in [-0.05, 0) is 49.6 Å². The molecule has 0 bridgehead atoms. The summed E-state index contributed by atoms with van der Waals surface area (Å²) >= 11 is 0. The number of phenolic OH excluding ortho intramolecular Hbond substituents is 1. The van der Waals surface area contributed by atoms with Crippen LogP contribution in [0.15, 0.2) is 54.6 Å². The Hall–Kier alpha value is -3.39. The lowest BCUT2D eigenvalue weighted by Crippen LogP contribution is -2.28. The van der Waals surface area contributed by atoms with E-state index in [0.29, 0.717) is 24.1 Å².